The lowest BCUT2D eigenvalue weighted by molar-refractivity contribution is -0.140. The number of nitrogens with zero attached hydrogens (tertiary/aromatic N) is 2. The lowest BCUT2D eigenvalue weighted by Gasteiger charge is -2.34. The normalized spacial score (nSPS) is 12.0. The molecule has 0 aliphatic carbocycles. The van der Waals surface area contributed by atoms with Gasteiger partial charge in [0.25, 0.3) is 10.0 Å². The molecule has 1 unspecified atom stereocenters. The Morgan fingerprint density at radius 2 is 1.36 bits per heavy atom. The lowest BCUT2D eigenvalue weighted by atomic mass is 10.0. The molecule has 0 spiro atoms. The number of sulfonamides is 1. The molecule has 0 aromatic heterocycles. The van der Waals surface area contributed by atoms with Crippen molar-refractivity contribution in [2.75, 3.05) is 17.4 Å². The molecular weight excluding hydrogens is 706 g/mol. The lowest BCUT2D eigenvalue weighted by Crippen LogP contribution is -2.53. The van der Waals surface area contributed by atoms with Crippen molar-refractivity contribution in [2.45, 2.75) is 37.8 Å². The van der Waals surface area contributed by atoms with Crippen LogP contribution >= 0.6 is 31.9 Å². The number of halogens is 2. The average molecular weight is 742 g/mol. The Morgan fingerprint density at radius 3 is 1.98 bits per heavy atom. The van der Waals surface area contributed by atoms with E-state index in [0.717, 1.165) is 19.9 Å². The van der Waals surface area contributed by atoms with E-state index in [4.69, 9.17) is 0 Å². The van der Waals surface area contributed by atoms with Gasteiger partial charge in [0.2, 0.25) is 11.8 Å². The first-order valence-electron chi connectivity index (χ1n) is 14.2. The minimum atomic E-state index is -4.15. The Hall–Kier alpha value is -3.47. The number of rotatable bonds is 13. The van der Waals surface area contributed by atoms with E-state index in [0.29, 0.717) is 16.7 Å². The topological polar surface area (TPSA) is 86.8 Å². The molecule has 4 rings (SSSR count). The summed E-state index contributed by atoms with van der Waals surface area (Å²) >= 11 is 6.94. The molecule has 10 heteroatoms. The standard InChI is InChI=1S/C34H35Br2N3O4S/c1-25(2)22-37-34(41)32(20-26-11-5-3-6-12-26)38(23-27-13-9-14-28(35)19-27)33(40)24-39(30-16-10-15-29(36)21-30)44(42,43)31-17-7-4-8-18-31/h3-19,21,25,32H,20,22-24H2,1-2H3,(H,37,41). The second kappa shape index (κ2) is 15.5. The maximum absolute atomic E-state index is 14.5. The fraction of sp³-hybridized carbons (Fsp3) is 0.235. The largest absolute Gasteiger partial charge is 0.354 e. The molecule has 0 radical (unpaired) electrons. The van der Waals surface area contributed by atoms with Crippen LogP contribution in [-0.4, -0.2) is 44.3 Å². The number of hydrogen-bond donors (Lipinski definition) is 1. The molecule has 4 aromatic carbocycles. The van der Waals surface area contributed by atoms with E-state index in [1.165, 1.54) is 17.0 Å². The van der Waals surface area contributed by atoms with Gasteiger partial charge in [0.1, 0.15) is 12.6 Å². The van der Waals surface area contributed by atoms with Crippen LogP contribution in [-0.2, 0) is 32.6 Å². The molecule has 44 heavy (non-hydrogen) atoms. The van der Waals surface area contributed by atoms with Crippen molar-refractivity contribution in [3.8, 4) is 0 Å². The Morgan fingerprint density at radius 1 is 0.773 bits per heavy atom. The smallest absolute Gasteiger partial charge is 0.264 e. The quantitative estimate of drug-likeness (QED) is 0.163. The Bertz CT molecular complexity index is 1670. The first-order chi connectivity index (χ1) is 21.0. The Kier molecular flexibility index (Phi) is 11.8. The number of anilines is 1. The monoisotopic (exact) mass is 739 g/mol. The van der Waals surface area contributed by atoms with E-state index in [1.807, 2.05) is 68.4 Å². The highest BCUT2D eigenvalue weighted by molar-refractivity contribution is 9.10. The summed E-state index contributed by atoms with van der Waals surface area (Å²) in [6.07, 6.45) is 0.257. The summed E-state index contributed by atoms with van der Waals surface area (Å²) < 4.78 is 30.7. The maximum Gasteiger partial charge on any atom is 0.264 e. The van der Waals surface area contributed by atoms with E-state index in [-0.39, 0.29) is 29.7 Å². The van der Waals surface area contributed by atoms with Gasteiger partial charge in [0.15, 0.2) is 0 Å². The fourth-order valence-electron chi connectivity index (χ4n) is 4.69. The Labute approximate surface area is 276 Å². The summed E-state index contributed by atoms with van der Waals surface area (Å²) in [4.78, 5) is 29.8. The van der Waals surface area contributed by atoms with Crippen molar-refractivity contribution in [2.24, 2.45) is 5.92 Å². The third kappa shape index (κ3) is 9.03. The second-order valence-corrected chi connectivity index (χ2v) is 14.5. The van der Waals surface area contributed by atoms with Gasteiger partial charge in [-0.2, -0.15) is 0 Å². The minimum Gasteiger partial charge on any atom is -0.354 e. The minimum absolute atomic E-state index is 0.0572. The molecule has 0 fully saturated rings. The number of benzene rings is 4. The van der Waals surface area contributed by atoms with Crippen LogP contribution < -0.4 is 9.62 Å². The molecule has 0 aliphatic heterocycles. The summed E-state index contributed by atoms with van der Waals surface area (Å²) in [5.74, 6) is -0.607. The van der Waals surface area contributed by atoms with Gasteiger partial charge in [0.05, 0.1) is 10.6 Å². The highest BCUT2D eigenvalue weighted by atomic mass is 79.9. The number of carbonyl (C=O) groups is 2. The molecule has 0 heterocycles. The van der Waals surface area contributed by atoms with Gasteiger partial charge in [-0.25, -0.2) is 8.42 Å². The summed E-state index contributed by atoms with van der Waals surface area (Å²) in [5, 5.41) is 3.00. The van der Waals surface area contributed by atoms with Crippen molar-refractivity contribution in [3.63, 3.8) is 0 Å². The van der Waals surface area contributed by atoms with Crippen LogP contribution in [0.1, 0.15) is 25.0 Å². The van der Waals surface area contributed by atoms with E-state index in [9.17, 15) is 18.0 Å². The van der Waals surface area contributed by atoms with Crippen molar-refractivity contribution >= 4 is 59.4 Å². The predicted molar refractivity (Wildman–Crippen MR) is 182 cm³/mol. The van der Waals surface area contributed by atoms with Crippen LogP contribution in [0.25, 0.3) is 0 Å². The molecule has 230 valence electrons. The number of nitrogens with one attached hydrogen (secondary N) is 1. The third-order valence-corrected chi connectivity index (χ3v) is 9.68. The molecule has 1 atom stereocenters. The van der Waals surface area contributed by atoms with Crippen molar-refractivity contribution in [1.29, 1.82) is 0 Å². The zero-order valence-electron chi connectivity index (χ0n) is 24.6. The van der Waals surface area contributed by atoms with Crippen LogP contribution in [0.15, 0.2) is 123 Å². The summed E-state index contributed by atoms with van der Waals surface area (Å²) in [7, 11) is -4.15. The van der Waals surface area contributed by atoms with Crippen LogP contribution in [0.3, 0.4) is 0 Å². The van der Waals surface area contributed by atoms with E-state index < -0.39 is 28.5 Å². The summed E-state index contributed by atoms with van der Waals surface area (Å²) in [6, 6.07) is 30.9. The van der Waals surface area contributed by atoms with Crippen LogP contribution in [0, 0.1) is 5.92 Å². The highest BCUT2D eigenvalue weighted by Gasteiger charge is 2.34. The molecule has 0 bridgehead atoms. The number of amides is 2. The molecule has 0 saturated carbocycles. The molecule has 7 nitrogen and oxygen atoms in total. The molecule has 4 aromatic rings. The van der Waals surface area contributed by atoms with Gasteiger partial charge in [-0.3, -0.25) is 13.9 Å². The zero-order chi connectivity index (χ0) is 31.7. The predicted octanol–water partition coefficient (Wildman–Crippen LogP) is 6.82. The van der Waals surface area contributed by atoms with Crippen molar-refractivity contribution in [3.05, 3.63) is 129 Å². The van der Waals surface area contributed by atoms with Gasteiger partial charge in [0, 0.05) is 28.5 Å². The van der Waals surface area contributed by atoms with Crippen molar-refractivity contribution < 1.29 is 18.0 Å². The first-order valence-corrected chi connectivity index (χ1v) is 17.3. The molecular formula is C34H35Br2N3O4S. The summed E-state index contributed by atoms with van der Waals surface area (Å²) in [6.45, 7) is 4.03. The highest BCUT2D eigenvalue weighted by Crippen LogP contribution is 2.27. The first kappa shape index (κ1) is 33.4. The second-order valence-electron chi connectivity index (χ2n) is 10.8. The molecule has 2 amide bonds. The fourth-order valence-corrected chi connectivity index (χ4v) is 6.95. The van der Waals surface area contributed by atoms with E-state index in [1.54, 1.807) is 42.5 Å². The number of hydrogen-bond acceptors (Lipinski definition) is 4. The van der Waals surface area contributed by atoms with Gasteiger partial charge in [-0.15, -0.1) is 0 Å². The average Bonchev–Trinajstić information content (AvgIpc) is 3.01. The Balaban J connectivity index is 1.79. The molecule has 0 saturated heterocycles. The van der Waals surface area contributed by atoms with Crippen molar-refractivity contribution in [1.82, 2.24) is 10.2 Å². The molecule has 0 aliphatic rings. The van der Waals surface area contributed by atoms with Crippen LogP contribution in [0.5, 0.6) is 0 Å². The van der Waals surface area contributed by atoms with Gasteiger partial charge < -0.3 is 10.2 Å². The maximum atomic E-state index is 14.5. The van der Waals surface area contributed by atoms with Crippen LogP contribution in [0.2, 0.25) is 0 Å². The summed E-state index contributed by atoms with van der Waals surface area (Å²) in [5.41, 5.74) is 2.00. The van der Waals surface area contributed by atoms with Gasteiger partial charge in [-0.05, 0) is 59.5 Å². The van der Waals surface area contributed by atoms with E-state index in [2.05, 4.69) is 37.2 Å². The zero-order valence-corrected chi connectivity index (χ0v) is 28.6. The van der Waals surface area contributed by atoms with Gasteiger partial charge >= 0.3 is 0 Å². The third-order valence-electron chi connectivity index (χ3n) is 6.90. The molecule has 1 N–H and O–H groups in total. The number of carbonyl (C=O) groups excluding carboxylic acids is 2. The SMILES string of the molecule is CC(C)CNC(=O)C(Cc1ccccc1)N(Cc1cccc(Br)c1)C(=O)CN(c1cccc(Br)c1)S(=O)(=O)c1ccccc1. The van der Waals surface area contributed by atoms with E-state index >= 15 is 0 Å². The van der Waals surface area contributed by atoms with Crippen LogP contribution in [0.4, 0.5) is 5.69 Å². The van der Waals surface area contributed by atoms with Gasteiger partial charge in [-0.1, -0.05) is 112 Å².